The summed E-state index contributed by atoms with van der Waals surface area (Å²) in [7, 11) is -10.7. The Hall–Kier alpha value is -2.36. The van der Waals surface area contributed by atoms with Crippen LogP contribution in [0.3, 0.4) is 0 Å². The Morgan fingerprint density at radius 1 is 0.453 bits per heavy atom. The molecule has 0 spiro atoms. The first-order chi connectivity index (χ1) is 28.4. The molecule has 28 heteroatoms. The minimum atomic E-state index is -10.7. The van der Waals surface area contributed by atoms with Crippen LogP contribution >= 0.6 is 7.81 Å². The van der Waals surface area contributed by atoms with Gasteiger partial charge in [-0.2, -0.15) is 64.8 Å². The Bertz CT molecular complexity index is 1590. The van der Waals surface area contributed by atoms with E-state index < -0.39 is 92.3 Å². The van der Waals surface area contributed by atoms with E-state index >= 15 is 0 Å². The van der Waals surface area contributed by atoms with E-state index in [2.05, 4.69) is 32.7 Å². The summed E-state index contributed by atoms with van der Waals surface area (Å²) in [5, 5.41) is 15.6. The SMILES string of the molecule is FC(F)(F)C1CCC(C2CCC(C(F)(F)F)C[N-]2)[N-]C1.FC1=C[C-](F)C(C2CCC(C(F)(F)F)C[N-]2)=C=C1.FC1=C[C-](F)C(C2CCC(C(F)(F)F)C[N-]2)=C=C1.F[P-](F)(F)(F)(F)F.[Ir]. The van der Waals surface area contributed by atoms with E-state index in [1.807, 2.05) is 0 Å². The van der Waals surface area contributed by atoms with E-state index in [0.717, 1.165) is 12.2 Å². The van der Waals surface area contributed by atoms with Gasteiger partial charge in [0.05, 0.1) is 0 Å². The molecule has 375 valence electrons. The van der Waals surface area contributed by atoms with Gasteiger partial charge in [0.15, 0.2) is 0 Å². The minimum absolute atomic E-state index is 0. The van der Waals surface area contributed by atoms with E-state index in [4.69, 9.17) is 0 Å². The Labute approximate surface area is 365 Å². The van der Waals surface area contributed by atoms with Crippen LogP contribution in [0.5, 0.6) is 0 Å². The van der Waals surface area contributed by atoms with Gasteiger partial charge in [0.25, 0.3) is 0 Å². The van der Waals surface area contributed by atoms with Crippen molar-refractivity contribution in [3.05, 3.63) is 92.2 Å². The van der Waals surface area contributed by atoms with Gasteiger partial charge in [-0.1, -0.05) is 25.7 Å². The maximum Gasteiger partial charge on any atom is 0 e. The van der Waals surface area contributed by atoms with Crippen molar-refractivity contribution in [2.75, 3.05) is 26.2 Å². The third-order valence-electron chi connectivity index (χ3n) is 10.1. The number of halogens is 22. The molecule has 4 fully saturated rings. The molecule has 0 aromatic carbocycles. The molecule has 4 saturated heterocycles. The van der Waals surface area contributed by atoms with Crippen molar-refractivity contribution in [1.29, 1.82) is 0 Å². The zero-order valence-corrected chi connectivity index (χ0v) is 35.6. The van der Waals surface area contributed by atoms with E-state index in [-0.39, 0.29) is 121 Å². The van der Waals surface area contributed by atoms with Gasteiger partial charge >= 0.3 is 57.7 Å². The molecule has 4 heterocycles. The Morgan fingerprint density at radius 2 is 0.703 bits per heavy atom. The maximum atomic E-state index is 13.4. The second kappa shape index (κ2) is 21.3. The van der Waals surface area contributed by atoms with Crippen LogP contribution in [0.25, 0.3) is 21.3 Å². The summed E-state index contributed by atoms with van der Waals surface area (Å²) >= 11 is 0. The van der Waals surface area contributed by atoms with E-state index in [9.17, 15) is 95.4 Å². The Morgan fingerprint density at radius 3 is 0.891 bits per heavy atom. The van der Waals surface area contributed by atoms with Gasteiger partial charge in [-0.05, 0) is 25.7 Å². The van der Waals surface area contributed by atoms with Crippen molar-refractivity contribution in [3.8, 4) is 0 Å². The summed E-state index contributed by atoms with van der Waals surface area (Å²) in [6, 6.07) is -2.01. The normalized spacial score (nSPS) is 30.4. The van der Waals surface area contributed by atoms with Crippen molar-refractivity contribution >= 4 is 7.81 Å². The van der Waals surface area contributed by atoms with Gasteiger partial charge in [0, 0.05) is 67.8 Å². The number of nitrogens with zero attached hydrogens (tertiary/aromatic N) is 4. The summed E-state index contributed by atoms with van der Waals surface area (Å²) in [5.41, 5.74) is 4.88. The molecular weight excluding hydrogens is 1130 g/mol. The predicted octanol–water partition coefficient (Wildman–Crippen LogP) is 16.1. The number of hydrogen-bond donors (Lipinski definition) is 0. The largest absolute Gasteiger partial charge is 0 e. The molecule has 2 aliphatic carbocycles. The fourth-order valence-electron chi connectivity index (χ4n) is 6.82. The average molecular weight is 1170 g/mol. The first-order valence-corrected chi connectivity index (χ1v) is 20.6. The standard InChI is InChI=1S/C12H16F6N2.2C12H10F5N.F6P.Ir/c13-11(14,15)7-1-3-9(19-5-7)10-4-2-8(6-20-10)12(16,17)18;2*13-8-2-3-9(10(14)5-8)11-4-1-7(6-18-11)12(15,16)17;1-7(2,3,4,5)6;/h7-10H,1-6H2;2*2,5,7,11H,1,4,6H2;;/q3*-2;-1;. The van der Waals surface area contributed by atoms with Gasteiger partial charge in [0.2, 0.25) is 0 Å². The molecule has 4 aliphatic heterocycles. The molecule has 8 unspecified atom stereocenters. The van der Waals surface area contributed by atoms with E-state index in [0.29, 0.717) is 12.2 Å². The quantitative estimate of drug-likeness (QED) is 0.117. The molecule has 0 N–H and O–H groups in total. The van der Waals surface area contributed by atoms with Gasteiger partial charge in [-0.25, -0.2) is 0 Å². The first kappa shape index (κ1) is 57.8. The number of hydrogen-bond acceptors (Lipinski definition) is 0. The van der Waals surface area contributed by atoms with Crippen LogP contribution in [0.4, 0.5) is 95.4 Å². The van der Waals surface area contributed by atoms with Crippen molar-refractivity contribution < 1.29 is 116 Å². The molecule has 1 radical (unpaired) electrons. The van der Waals surface area contributed by atoms with E-state index in [1.54, 1.807) is 0 Å². The average Bonchev–Trinajstić information content (AvgIpc) is 3.13. The zero-order valence-electron chi connectivity index (χ0n) is 32.3. The summed E-state index contributed by atoms with van der Waals surface area (Å²) in [4.78, 5) is 0. The number of piperidine rings is 4. The van der Waals surface area contributed by atoms with Crippen LogP contribution in [0.15, 0.2) is 58.6 Å². The monoisotopic (exact) mass is 1170 g/mol. The van der Waals surface area contributed by atoms with Gasteiger partial charge in [-0.15, -0.1) is 73.7 Å². The number of alkyl halides is 12. The van der Waals surface area contributed by atoms with Crippen molar-refractivity contribution in [3.63, 3.8) is 0 Å². The second-order valence-corrected chi connectivity index (χ2v) is 16.9. The Balaban J connectivity index is 0.000000305. The van der Waals surface area contributed by atoms with Crippen LogP contribution in [0.1, 0.15) is 51.4 Å². The minimum Gasteiger partial charge on any atom is 0 e. The molecular formula is C36H36F22IrN4P-7. The molecule has 64 heavy (non-hydrogen) atoms. The van der Waals surface area contributed by atoms with Gasteiger partial charge in [-0.3, -0.25) is 29.0 Å². The first-order valence-electron chi connectivity index (χ1n) is 18.6. The summed E-state index contributed by atoms with van der Waals surface area (Å²) < 4.78 is 261. The van der Waals surface area contributed by atoms with Crippen LogP contribution in [0, 0.1) is 36.0 Å². The molecule has 4 nitrogen and oxygen atoms in total. The number of rotatable bonds is 3. The van der Waals surface area contributed by atoms with Crippen LogP contribution < -0.4 is 0 Å². The smallest absolute Gasteiger partial charge is 0 e. The summed E-state index contributed by atoms with van der Waals surface area (Å²) in [6.07, 6.45) is -14.8. The third-order valence-corrected chi connectivity index (χ3v) is 10.1. The molecule has 6 rings (SSSR count). The third kappa shape index (κ3) is 20.7. The fraction of sp³-hybridized carbons (Fsp3) is 0.667. The van der Waals surface area contributed by atoms with E-state index in [1.165, 1.54) is 0 Å². The zero-order chi connectivity index (χ0) is 48.0. The predicted molar refractivity (Wildman–Crippen MR) is 187 cm³/mol. The van der Waals surface area contributed by atoms with Crippen LogP contribution in [-0.2, 0) is 20.1 Å². The van der Waals surface area contributed by atoms with Gasteiger partial charge < -0.3 is 21.3 Å². The molecule has 0 aromatic rings. The molecule has 8 atom stereocenters. The molecule has 0 bridgehead atoms. The number of allylic oxidation sites excluding steroid dienone is 4. The Kier molecular flexibility index (Phi) is 19.2. The molecule has 6 aliphatic rings. The summed E-state index contributed by atoms with van der Waals surface area (Å²) in [6.45, 7) is -1.33. The van der Waals surface area contributed by atoms with Crippen LogP contribution in [-0.4, -0.2) is 75.1 Å². The van der Waals surface area contributed by atoms with Crippen molar-refractivity contribution in [1.82, 2.24) is 0 Å². The second-order valence-electron chi connectivity index (χ2n) is 15.0. The topological polar surface area (TPSA) is 56.4 Å². The maximum absolute atomic E-state index is 13.4. The van der Waals surface area contributed by atoms with Gasteiger partial charge in [0.1, 0.15) is 0 Å². The van der Waals surface area contributed by atoms with Crippen molar-refractivity contribution in [2.45, 2.75) is 100 Å². The van der Waals surface area contributed by atoms with Crippen molar-refractivity contribution in [2.24, 2.45) is 23.7 Å². The van der Waals surface area contributed by atoms with Crippen LogP contribution in [0.2, 0.25) is 0 Å². The molecule has 0 saturated carbocycles. The fourth-order valence-corrected chi connectivity index (χ4v) is 6.82. The molecule has 0 amide bonds. The summed E-state index contributed by atoms with van der Waals surface area (Å²) in [5.74, 6) is -7.27. The molecule has 0 aromatic heterocycles.